The van der Waals surface area contributed by atoms with Gasteiger partial charge in [-0.25, -0.2) is 4.79 Å². The average Bonchev–Trinajstić information content (AvgIpc) is 2.09. The first-order valence-electron chi connectivity index (χ1n) is 4.95. The molecule has 0 radical (unpaired) electrons. The number of ether oxygens (including phenoxy) is 1. The molecule has 2 N–H and O–H groups in total. The highest BCUT2D eigenvalue weighted by atomic mass is 16.5. The van der Waals surface area contributed by atoms with Crippen molar-refractivity contribution in [1.29, 1.82) is 0 Å². The first-order chi connectivity index (χ1) is 6.15. The summed E-state index contributed by atoms with van der Waals surface area (Å²) in [6, 6.07) is 0.0358. The Kier molecular flexibility index (Phi) is 3.69. The zero-order valence-electron chi connectivity index (χ0n) is 8.72. The molecule has 2 unspecified atom stereocenters. The lowest BCUT2D eigenvalue weighted by Gasteiger charge is -2.30. The van der Waals surface area contributed by atoms with Crippen LogP contribution in [0.15, 0.2) is 0 Å². The van der Waals surface area contributed by atoms with Gasteiger partial charge in [-0.1, -0.05) is 0 Å². The summed E-state index contributed by atoms with van der Waals surface area (Å²) >= 11 is 0. The number of carbonyl (C=O) groups is 1. The first-order valence-corrected chi connectivity index (χ1v) is 4.95. The Morgan fingerprint density at radius 3 is 2.77 bits per heavy atom. The molecule has 4 nitrogen and oxygen atoms in total. The predicted molar refractivity (Wildman–Crippen MR) is 48.8 cm³/mol. The minimum absolute atomic E-state index is 0.0358. The molecule has 0 aromatic carbocycles. The summed E-state index contributed by atoms with van der Waals surface area (Å²) < 4.78 is 5.03. The van der Waals surface area contributed by atoms with E-state index in [4.69, 9.17) is 4.74 Å². The van der Waals surface area contributed by atoms with Crippen molar-refractivity contribution in [3.05, 3.63) is 0 Å². The molecule has 0 aliphatic carbocycles. The molecule has 0 saturated carbocycles. The molecule has 1 fully saturated rings. The lowest BCUT2D eigenvalue weighted by Crippen LogP contribution is -3.29. The molecule has 0 aromatic rings. The Hall–Kier alpha value is -0.610. The summed E-state index contributed by atoms with van der Waals surface area (Å²) in [5.41, 5.74) is 0. The Bertz CT molecular complexity index is 184. The van der Waals surface area contributed by atoms with Crippen LogP contribution >= 0.6 is 0 Å². The van der Waals surface area contributed by atoms with Crippen molar-refractivity contribution in [3.8, 4) is 0 Å². The van der Waals surface area contributed by atoms with E-state index in [9.17, 15) is 4.79 Å². The number of hydrogen-bond acceptors (Lipinski definition) is 2. The lowest BCUT2D eigenvalue weighted by atomic mass is 10.2. The van der Waals surface area contributed by atoms with E-state index in [1.165, 1.54) is 9.80 Å². The second kappa shape index (κ2) is 4.58. The highest BCUT2D eigenvalue weighted by Crippen LogP contribution is 1.83. The van der Waals surface area contributed by atoms with E-state index in [2.05, 4.69) is 14.1 Å². The van der Waals surface area contributed by atoms with Gasteiger partial charge in [0.1, 0.15) is 19.6 Å². The number of quaternary nitrogens is 2. The summed E-state index contributed by atoms with van der Waals surface area (Å²) in [5.74, 6) is -0.0425. The van der Waals surface area contributed by atoms with Crippen molar-refractivity contribution in [2.45, 2.75) is 13.0 Å². The smallest absolute Gasteiger partial charge is 0.370 e. The van der Waals surface area contributed by atoms with E-state index in [0.717, 1.165) is 19.6 Å². The van der Waals surface area contributed by atoms with Gasteiger partial charge >= 0.3 is 5.97 Å². The molecule has 4 heteroatoms. The largest absolute Gasteiger partial charge is 0.461 e. The highest BCUT2D eigenvalue weighted by molar-refractivity contribution is 5.74. The van der Waals surface area contributed by atoms with Gasteiger partial charge in [0.15, 0.2) is 0 Å². The van der Waals surface area contributed by atoms with E-state index in [-0.39, 0.29) is 12.0 Å². The number of hydrogen-bond donors (Lipinski definition) is 2. The van der Waals surface area contributed by atoms with E-state index in [0.29, 0.717) is 6.61 Å². The summed E-state index contributed by atoms with van der Waals surface area (Å²) in [6.45, 7) is 5.43. The number of rotatable bonds is 2. The van der Waals surface area contributed by atoms with Gasteiger partial charge in [-0.05, 0) is 6.92 Å². The molecule has 1 heterocycles. The van der Waals surface area contributed by atoms with Gasteiger partial charge in [-0.2, -0.15) is 0 Å². The fraction of sp³-hybridized carbons (Fsp3) is 0.889. The predicted octanol–water partition coefficient (Wildman–Crippen LogP) is -3.04. The van der Waals surface area contributed by atoms with E-state index in [1.807, 2.05) is 6.92 Å². The lowest BCUT2D eigenvalue weighted by molar-refractivity contribution is -1.01. The second-order valence-corrected chi connectivity index (χ2v) is 3.81. The van der Waals surface area contributed by atoms with Crippen molar-refractivity contribution in [1.82, 2.24) is 0 Å². The Balaban J connectivity index is 2.50. The third-order valence-corrected chi connectivity index (χ3v) is 2.66. The van der Waals surface area contributed by atoms with Crippen molar-refractivity contribution < 1.29 is 19.3 Å². The van der Waals surface area contributed by atoms with Gasteiger partial charge in [0.05, 0.1) is 20.7 Å². The number of likely N-dealkylation sites (N-methyl/N-ethyl adjacent to an activating group) is 2. The Morgan fingerprint density at radius 2 is 2.15 bits per heavy atom. The Morgan fingerprint density at radius 1 is 1.46 bits per heavy atom. The van der Waals surface area contributed by atoms with Gasteiger partial charge in [0.2, 0.25) is 6.04 Å². The maximum absolute atomic E-state index is 11.5. The SMILES string of the molecule is CCOC(=O)[C@H]1C[NH+](C)CC[NH+]1C. The molecule has 0 spiro atoms. The van der Waals surface area contributed by atoms with E-state index >= 15 is 0 Å². The number of esters is 1. The summed E-state index contributed by atoms with van der Waals surface area (Å²) in [7, 11) is 4.19. The topological polar surface area (TPSA) is 35.2 Å². The highest BCUT2D eigenvalue weighted by Gasteiger charge is 2.35. The molecule has 1 aliphatic rings. The fourth-order valence-electron chi connectivity index (χ4n) is 1.74. The van der Waals surface area contributed by atoms with Crippen LogP contribution in [0.3, 0.4) is 0 Å². The molecule has 0 bridgehead atoms. The Labute approximate surface area is 79.4 Å². The van der Waals surface area contributed by atoms with Crippen LogP contribution in [0.25, 0.3) is 0 Å². The van der Waals surface area contributed by atoms with Crippen LogP contribution < -0.4 is 9.80 Å². The maximum Gasteiger partial charge on any atom is 0.370 e. The molecule has 13 heavy (non-hydrogen) atoms. The number of piperazine rings is 1. The van der Waals surface area contributed by atoms with Crippen LogP contribution in [0.2, 0.25) is 0 Å². The zero-order chi connectivity index (χ0) is 9.84. The van der Waals surface area contributed by atoms with Crippen LogP contribution in [0.4, 0.5) is 0 Å². The quantitative estimate of drug-likeness (QED) is 0.452. The number of carbonyl (C=O) groups excluding carboxylic acids is 1. The molecule has 1 aliphatic heterocycles. The van der Waals surface area contributed by atoms with Crippen LogP contribution in [-0.2, 0) is 9.53 Å². The minimum Gasteiger partial charge on any atom is -0.461 e. The molecule has 76 valence electrons. The fourth-order valence-corrected chi connectivity index (χ4v) is 1.74. The van der Waals surface area contributed by atoms with Gasteiger partial charge < -0.3 is 14.5 Å². The molecule has 3 atom stereocenters. The van der Waals surface area contributed by atoms with Crippen molar-refractivity contribution >= 4 is 5.97 Å². The summed E-state index contributed by atoms with van der Waals surface area (Å²) in [4.78, 5) is 14.2. The molecular weight excluding hydrogens is 168 g/mol. The standard InChI is InChI=1S/C9H18N2O2/c1-4-13-9(12)8-7-10(2)5-6-11(8)3/h8H,4-7H2,1-3H3/p+2/t8-/m1/s1. The van der Waals surface area contributed by atoms with Crippen molar-refractivity contribution in [3.63, 3.8) is 0 Å². The summed E-state index contributed by atoms with van der Waals surface area (Å²) in [6.07, 6.45) is 0. The monoisotopic (exact) mass is 188 g/mol. The molecule has 0 aromatic heterocycles. The van der Waals surface area contributed by atoms with Gasteiger partial charge in [-0.3, -0.25) is 0 Å². The van der Waals surface area contributed by atoms with Crippen molar-refractivity contribution in [2.24, 2.45) is 0 Å². The van der Waals surface area contributed by atoms with Gasteiger partial charge in [0, 0.05) is 0 Å². The van der Waals surface area contributed by atoms with Gasteiger partial charge in [-0.15, -0.1) is 0 Å². The first kappa shape index (κ1) is 10.5. The molecular formula is C9H20N2O2+2. The van der Waals surface area contributed by atoms with Gasteiger partial charge in [0.25, 0.3) is 0 Å². The minimum atomic E-state index is -0.0425. The molecule has 1 saturated heterocycles. The van der Waals surface area contributed by atoms with Crippen molar-refractivity contribution in [2.75, 3.05) is 40.3 Å². The van der Waals surface area contributed by atoms with Crippen LogP contribution in [0, 0.1) is 0 Å². The average molecular weight is 188 g/mol. The van der Waals surface area contributed by atoms with Crippen LogP contribution in [-0.4, -0.2) is 52.3 Å². The summed E-state index contributed by atoms with van der Waals surface area (Å²) in [5, 5.41) is 0. The molecule has 0 amide bonds. The third kappa shape index (κ3) is 2.67. The normalized spacial score (nSPS) is 34.2. The van der Waals surface area contributed by atoms with Crippen LogP contribution in [0.1, 0.15) is 6.92 Å². The van der Waals surface area contributed by atoms with E-state index < -0.39 is 0 Å². The van der Waals surface area contributed by atoms with E-state index in [1.54, 1.807) is 0 Å². The maximum atomic E-state index is 11.5. The third-order valence-electron chi connectivity index (χ3n) is 2.66. The zero-order valence-corrected chi connectivity index (χ0v) is 8.72. The van der Waals surface area contributed by atoms with Crippen LogP contribution in [0.5, 0.6) is 0 Å². The molecule has 1 rings (SSSR count). The number of nitrogens with one attached hydrogen (secondary N) is 2. The second-order valence-electron chi connectivity index (χ2n) is 3.81.